The fraction of sp³-hybridized carbons (Fsp3) is 0.400. The van der Waals surface area contributed by atoms with Gasteiger partial charge in [0.25, 0.3) is 11.8 Å². The SMILES string of the molecule is C=COCCCN1C(=O)C=C(C)C1=O. The van der Waals surface area contributed by atoms with Crippen molar-refractivity contribution < 1.29 is 14.3 Å². The molecule has 14 heavy (non-hydrogen) atoms. The number of nitrogens with zero attached hydrogens (tertiary/aromatic N) is 1. The van der Waals surface area contributed by atoms with Crippen molar-refractivity contribution in [3.8, 4) is 0 Å². The predicted octanol–water partition coefficient (Wildman–Crippen LogP) is 0.852. The maximum atomic E-state index is 11.4. The van der Waals surface area contributed by atoms with Gasteiger partial charge >= 0.3 is 0 Å². The van der Waals surface area contributed by atoms with E-state index in [1.54, 1.807) is 6.92 Å². The Morgan fingerprint density at radius 2 is 2.29 bits per heavy atom. The van der Waals surface area contributed by atoms with Crippen molar-refractivity contribution in [1.29, 1.82) is 0 Å². The van der Waals surface area contributed by atoms with Gasteiger partial charge in [0.15, 0.2) is 0 Å². The van der Waals surface area contributed by atoms with Crippen LogP contribution in [0.25, 0.3) is 0 Å². The summed E-state index contributed by atoms with van der Waals surface area (Å²) in [6.45, 7) is 5.91. The van der Waals surface area contributed by atoms with E-state index in [1.165, 1.54) is 17.2 Å². The molecule has 1 heterocycles. The number of carbonyl (C=O) groups excluding carboxylic acids is 2. The number of carbonyl (C=O) groups is 2. The fourth-order valence-electron chi connectivity index (χ4n) is 1.24. The van der Waals surface area contributed by atoms with Crippen molar-refractivity contribution in [1.82, 2.24) is 4.90 Å². The van der Waals surface area contributed by atoms with E-state index < -0.39 is 0 Å². The van der Waals surface area contributed by atoms with E-state index in [1.807, 2.05) is 0 Å². The largest absolute Gasteiger partial charge is 0.502 e. The van der Waals surface area contributed by atoms with E-state index in [0.717, 1.165) is 0 Å². The second-order valence-corrected chi connectivity index (χ2v) is 3.01. The number of rotatable bonds is 5. The summed E-state index contributed by atoms with van der Waals surface area (Å²) < 4.78 is 4.89. The van der Waals surface area contributed by atoms with Crippen molar-refractivity contribution in [3.63, 3.8) is 0 Å². The van der Waals surface area contributed by atoms with Crippen LogP contribution in [0.4, 0.5) is 0 Å². The van der Waals surface area contributed by atoms with Crippen LogP contribution >= 0.6 is 0 Å². The third kappa shape index (κ3) is 2.22. The lowest BCUT2D eigenvalue weighted by Crippen LogP contribution is -2.32. The van der Waals surface area contributed by atoms with Crippen molar-refractivity contribution in [2.75, 3.05) is 13.2 Å². The zero-order chi connectivity index (χ0) is 10.6. The van der Waals surface area contributed by atoms with Crippen LogP contribution in [-0.2, 0) is 14.3 Å². The Morgan fingerprint density at radius 1 is 1.57 bits per heavy atom. The molecule has 0 spiro atoms. The Kier molecular flexibility index (Phi) is 3.45. The topological polar surface area (TPSA) is 46.6 Å². The van der Waals surface area contributed by atoms with Gasteiger partial charge in [0, 0.05) is 18.2 Å². The molecule has 0 fully saturated rings. The van der Waals surface area contributed by atoms with Crippen LogP contribution in [0.15, 0.2) is 24.5 Å². The van der Waals surface area contributed by atoms with Gasteiger partial charge in [-0.15, -0.1) is 0 Å². The lowest BCUT2D eigenvalue weighted by Gasteiger charge is -2.13. The molecule has 4 nitrogen and oxygen atoms in total. The smallest absolute Gasteiger partial charge is 0.256 e. The molecule has 76 valence electrons. The first kappa shape index (κ1) is 10.5. The highest BCUT2D eigenvalue weighted by molar-refractivity contribution is 6.15. The molecule has 0 radical (unpaired) electrons. The summed E-state index contributed by atoms with van der Waals surface area (Å²) >= 11 is 0. The second kappa shape index (κ2) is 4.60. The number of ether oxygens (including phenoxy) is 1. The number of amides is 2. The second-order valence-electron chi connectivity index (χ2n) is 3.01. The van der Waals surface area contributed by atoms with Crippen molar-refractivity contribution in [2.45, 2.75) is 13.3 Å². The third-order valence-electron chi connectivity index (χ3n) is 1.95. The Labute approximate surface area is 82.8 Å². The van der Waals surface area contributed by atoms with Crippen molar-refractivity contribution in [3.05, 3.63) is 24.5 Å². The van der Waals surface area contributed by atoms with Gasteiger partial charge in [0.1, 0.15) is 0 Å². The lowest BCUT2D eigenvalue weighted by atomic mass is 10.3. The lowest BCUT2D eigenvalue weighted by molar-refractivity contribution is -0.137. The number of imide groups is 1. The zero-order valence-corrected chi connectivity index (χ0v) is 8.16. The maximum absolute atomic E-state index is 11.4. The van der Waals surface area contributed by atoms with Crippen molar-refractivity contribution in [2.24, 2.45) is 0 Å². The average Bonchev–Trinajstić information content (AvgIpc) is 2.38. The first-order valence-corrected chi connectivity index (χ1v) is 4.43. The Hall–Kier alpha value is -1.58. The van der Waals surface area contributed by atoms with Gasteiger partial charge in [0.2, 0.25) is 0 Å². The molecule has 0 saturated carbocycles. The van der Waals surface area contributed by atoms with E-state index >= 15 is 0 Å². The van der Waals surface area contributed by atoms with Crippen LogP contribution < -0.4 is 0 Å². The molecule has 0 atom stereocenters. The molecule has 0 N–H and O–H groups in total. The van der Waals surface area contributed by atoms with Crippen LogP contribution in [0.2, 0.25) is 0 Å². The normalized spacial score (nSPS) is 15.8. The summed E-state index contributed by atoms with van der Waals surface area (Å²) in [5, 5.41) is 0. The van der Waals surface area contributed by atoms with Gasteiger partial charge in [0.05, 0.1) is 12.9 Å². The highest BCUT2D eigenvalue weighted by Gasteiger charge is 2.27. The molecule has 0 unspecified atom stereocenters. The summed E-state index contributed by atoms with van der Waals surface area (Å²) in [6, 6.07) is 0. The van der Waals surface area contributed by atoms with Gasteiger partial charge in [-0.3, -0.25) is 14.5 Å². The van der Waals surface area contributed by atoms with Crippen LogP contribution in [0, 0.1) is 0 Å². The molecule has 0 saturated heterocycles. The van der Waals surface area contributed by atoms with E-state index in [-0.39, 0.29) is 11.8 Å². The van der Waals surface area contributed by atoms with Crippen molar-refractivity contribution >= 4 is 11.8 Å². The van der Waals surface area contributed by atoms with Crippen LogP contribution in [-0.4, -0.2) is 29.9 Å². The zero-order valence-electron chi connectivity index (χ0n) is 8.16. The Balaban J connectivity index is 2.36. The Bertz CT molecular complexity index is 294. The summed E-state index contributed by atoms with van der Waals surface area (Å²) in [4.78, 5) is 23.8. The molecule has 1 rings (SSSR count). The molecule has 0 aromatic rings. The highest BCUT2D eigenvalue weighted by atomic mass is 16.5. The van der Waals surface area contributed by atoms with E-state index in [9.17, 15) is 9.59 Å². The standard InChI is InChI=1S/C10H13NO3/c1-3-14-6-4-5-11-9(12)7-8(2)10(11)13/h3,7H,1,4-6H2,2H3. The molecule has 2 amide bonds. The molecule has 0 aromatic heterocycles. The number of hydrogen-bond acceptors (Lipinski definition) is 3. The highest BCUT2D eigenvalue weighted by Crippen LogP contribution is 2.11. The fourth-order valence-corrected chi connectivity index (χ4v) is 1.24. The van der Waals surface area contributed by atoms with E-state index in [0.29, 0.717) is 25.1 Å². The first-order chi connectivity index (χ1) is 6.66. The van der Waals surface area contributed by atoms with E-state index in [4.69, 9.17) is 4.74 Å². The maximum Gasteiger partial charge on any atom is 0.256 e. The average molecular weight is 195 g/mol. The summed E-state index contributed by atoms with van der Waals surface area (Å²) in [5.74, 6) is -0.431. The molecular formula is C10H13NO3. The van der Waals surface area contributed by atoms with E-state index in [2.05, 4.69) is 6.58 Å². The number of hydrogen-bond donors (Lipinski definition) is 0. The van der Waals surface area contributed by atoms with Gasteiger partial charge in [-0.25, -0.2) is 0 Å². The van der Waals surface area contributed by atoms with Gasteiger partial charge in [-0.05, 0) is 13.3 Å². The minimum absolute atomic E-state index is 0.200. The molecule has 1 aliphatic rings. The van der Waals surface area contributed by atoms with Gasteiger partial charge < -0.3 is 4.74 Å². The minimum atomic E-state index is -0.230. The van der Waals surface area contributed by atoms with Crippen LogP contribution in [0.5, 0.6) is 0 Å². The predicted molar refractivity (Wildman–Crippen MR) is 51.2 cm³/mol. The Morgan fingerprint density at radius 3 is 2.79 bits per heavy atom. The molecule has 1 aliphatic heterocycles. The summed E-state index contributed by atoms with van der Waals surface area (Å²) in [6.07, 6.45) is 3.33. The van der Waals surface area contributed by atoms with Crippen LogP contribution in [0.3, 0.4) is 0 Å². The van der Waals surface area contributed by atoms with Gasteiger partial charge in [-0.2, -0.15) is 0 Å². The quantitative estimate of drug-likeness (QED) is 0.371. The van der Waals surface area contributed by atoms with Crippen LogP contribution in [0.1, 0.15) is 13.3 Å². The van der Waals surface area contributed by atoms with Gasteiger partial charge in [-0.1, -0.05) is 6.58 Å². The molecule has 4 heteroatoms. The first-order valence-electron chi connectivity index (χ1n) is 4.43. The summed E-state index contributed by atoms with van der Waals surface area (Å²) in [5.41, 5.74) is 0.500. The summed E-state index contributed by atoms with van der Waals surface area (Å²) in [7, 11) is 0. The molecule has 0 aliphatic carbocycles. The molecular weight excluding hydrogens is 182 g/mol. The third-order valence-corrected chi connectivity index (χ3v) is 1.95. The minimum Gasteiger partial charge on any atom is -0.502 e. The molecule has 0 aromatic carbocycles. The monoisotopic (exact) mass is 195 g/mol. The molecule has 0 bridgehead atoms.